The van der Waals surface area contributed by atoms with Crippen molar-refractivity contribution in [1.29, 1.82) is 0 Å². The number of hydrogen-bond donors (Lipinski definition) is 0. The molecule has 0 aromatic heterocycles. The molecule has 0 N–H and O–H groups in total. The molecule has 1 saturated carbocycles. The van der Waals surface area contributed by atoms with Gasteiger partial charge in [0, 0.05) is 19.1 Å². The van der Waals surface area contributed by atoms with E-state index >= 15 is 0 Å². The van der Waals surface area contributed by atoms with Crippen LogP contribution in [-0.2, 0) is 9.84 Å². The smallest absolute Gasteiger partial charge is 0.157 e. The van der Waals surface area contributed by atoms with E-state index < -0.39 is 14.6 Å². The van der Waals surface area contributed by atoms with Gasteiger partial charge in [0.1, 0.15) is 0 Å². The molecule has 0 aromatic carbocycles. The summed E-state index contributed by atoms with van der Waals surface area (Å²) in [6.45, 7) is 5.20. The lowest BCUT2D eigenvalue weighted by Crippen LogP contribution is -2.55. The molecule has 0 atom stereocenters. The summed E-state index contributed by atoms with van der Waals surface area (Å²) in [5.41, 5.74) is 0. The lowest BCUT2D eigenvalue weighted by atomic mass is 10.1. The predicted octanol–water partition coefficient (Wildman–Crippen LogP) is 1.44. The molecular weight excluding hydrogens is 210 g/mol. The molecule has 0 radical (unpaired) electrons. The maximum absolute atomic E-state index is 11.8. The van der Waals surface area contributed by atoms with Crippen molar-refractivity contribution < 1.29 is 8.42 Å². The first-order chi connectivity index (χ1) is 6.92. The molecule has 0 aromatic rings. The van der Waals surface area contributed by atoms with E-state index in [0.717, 1.165) is 13.1 Å². The fourth-order valence-electron chi connectivity index (χ4n) is 2.76. The highest BCUT2D eigenvalue weighted by atomic mass is 32.2. The summed E-state index contributed by atoms with van der Waals surface area (Å²) in [6.07, 6.45) is 5.15. The van der Waals surface area contributed by atoms with E-state index in [1.807, 2.05) is 13.8 Å². The SMILES string of the molecule is CC1(C)CN(C2CCCC2)CCS1(=O)=O. The molecule has 2 aliphatic rings. The Labute approximate surface area is 92.8 Å². The maximum atomic E-state index is 11.8. The Balaban J connectivity index is 2.08. The molecule has 1 heterocycles. The molecule has 0 unspecified atom stereocenters. The Morgan fingerprint density at radius 1 is 1.20 bits per heavy atom. The first kappa shape index (κ1) is 11.4. The van der Waals surface area contributed by atoms with Gasteiger partial charge in [-0.05, 0) is 26.7 Å². The second kappa shape index (κ2) is 3.74. The van der Waals surface area contributed by atoms with E-state index in [4.69, 9.17) is 0 Å². The molecule has 2 fully saturated rings. The van der Waals surface area contributed by atoms with Gasteiger partial charge in [0.25, 0.3) is 0 Å². The zero-order valence-electron chi connectivity index (χ0n) is 9.70. The van der Waals surface area contributed by atoms with Crippen LogP contribution in [-0.4, -0.2) is 42.9 Å². The van der Waals surface area contributed by atoms with Gasteiger partial charge in [0.05, 0.1) is 10.5 Å². The highest BCUT2D eigenvalue weighted by molar-refractivity contribution is 7.92. The minimum Gasteiger partial charge on any atom is -0.298 e. The molecule has 0 amide bonds. The van der Waals surface area contributed by atoms with Gasteiger partial charge in [-0.25, -0.2) is 8.42 Å². The molecule has 1 saturated heterocycles. The van der Waals surface area contributed by atoms with Crippen LogP contribution in [0.3, 0.4) is 0 Å². The van der Waals surface area contributed by atoms with Crippen LogP contribution in [0.25, 0.3) is 0 Å². The molecule has 1 aliphatic heterocycles. The van der Waals surface area contributed by atoms with Gasteiger partial charge >= 0.3 is 0 Å². The number of nitrogens with zero attached hydrogens (tertiary/aromatic N) is 1. The minimum atomic E-state index is -2.87. The molecule has 2 rings (SSSR count). The van der Waals surface area contributed by atoms with E-state index in [2.05, 4.69) is 4.90 Å². The second-order valence-electron chi connectivity index (χ2n) is 5.49. The van der Waals surface area contributed by atoms with Gasteiger partial charge in [-0.15, -0.1) is 0 Å². The first-order valence-corrected chi connectivity index (χ1v) is 7.54. The number of rotatable bonds is 1. The van der Waals surface area contributed by atoms with Gasteiger partial charge in [-0.1, -0.05) is 12.8 Å². The molecular formula is C11H21NO2S. The molecule has 88 valence electrons. The van der Waals surface area contributed by atoms with Gasteiger partial charge in [0.2, 0.25) is 0 Å². The van der Waals surface area contributed by atoms with Crippen LogP contribution in [0.1, 0.15) is 39.5 Å². The third-order valence-corrected chi connectivity index (χ3v) is 6.45. The maximum Gasteiger partial charge on any atom is 0.157 e. The van der Waals surface area contributed by atoms with Crippen molar-refractivity contribution in [3.8, 4) is 0 Å². The number of hydrogen-bond acceptors (Lipinski definition) is 3. The molecule has 4 heteroatoms. The fourth-order valence-corrected chi connectivity index (χ4v) is 4.15. The Hall–Kier alpha value is -0.0900. The van der Waals surface area contributed by atoms with E-state index in [1.165, 1.54) is 25.7 Å². The summed E-state index contributed by atoms with van der Waals surface area (Å²) >= 11 is 0. The fraction of sp³-hybridized carbons (Fsp3) is 1.00. The third kappa shape index (κ3) is 2.07. The Bertz CT molecular complexity index is 328. The summed E-state index contributed by atoms with van der Waals surface area (Å²) < 4.78 is 23.1. The second-order valence-corrected chi connectivity index (χ2v) is 8.23. The van der Waals surface area contributed by atoms with Gasteiger partial charge in [-0.3, -0.25) is 4.90 Å². The van der Waals surface area contributed by atoms with Crippen LogP contribution >= 0.6 is 0 Å². The van der Waals surface area contributed by atoms with Crippen molar-refractivity contribution in [3.05, 3.63) is 0 Å². The lowest BCUT2D eigenvalue weighted by molar-refractivity contribution is 0.183. The average Bonchev–Trinajstić information content (AvgIpc) is 2.62. The van der Waals surface area contributed by atoms with Crippen LogP contribution in [0.4, 0.5) is 0 Å². The summed E-state index contributed by atoms with van der Waals surface area (Å²) in [7, 11) is -2.87. The molecule has 15 heavy (non-hydrogen) atoms. The van der Waals surface area contributed by atoms with Crippen molar-refractivity contribution in [1.82, 2.24) is 4.90 Å². The molecule has 3 nitrogen and oxygen atoms in total. The highest BCUT2D eigenvalue weighted by Crippen LogP contribution is 2.30. The van der Waals surface area contributed by atoms with Crippen LogP contribution < -0.4 is 0 Å². The first-order valence-electron chi connectivity index (χ1n) is 5.89. The summed E-state index contributed by atoms with van der Waals surface area (Å²) in [5.74, 6) is 0.344. The minimum absolute atomic E-state index is 0.344. The van der Waals surface area contributed by atoms with Gasteiger partial charge in [-0.2, -0.15) is 0 Å². The normalized spacial score (nSPS) is 31.9. The van der Waals surface area contributed by atoms with E-state index in [9.17, 15) is 8.42 Å². The average molecular weight is 231 g/mol. The van der Waals surface area contributed by atoms with Crippen LogP contribution in [0.15, 0.2) is 0 Å². The monoisotopic (exact) mass is 231 g/mol. The number of sulfone groups is 1. The van der Waals surface area contributed by atoms with E-state index in [-0.39, 0.29) is 0 Å². The Kier molecular flexibility index (Phi) is 2.84. The zero-order valence-corrected chi connectivity index (χ0v) is 10.5. The lowest BCUT2D eigenvalue weighted by Gasteiger charge is -2.40. The summed E-state index contributed by atoms with van der Waals surface area (Å²) in [5, 5.41) is 0. The van der Waals surface area contributed by atoms with E-state index in [1.54, 1.807) is 0 Å². The largest absolute Gasteiger partial charge is 0.298 e. The quantitative estimate of drug-likeness (QED) is 0.685. The third-order valence-electron chi connectivity index (χ3n) is 3.91. The van der Waals surface area contributed by atoms with Crippen molar-refractivity contribution in [2.24, 2.45) is 0 Å². The van der Waals surface area contributed by atoms with Crippen molar-refractivity contribution in [3.63, 3.8) is 0 Å². The summed E-state index contributed by atoms with van der Waals surface area (Å²) in [4.78, 5) is 2.40. The van der Waals surface area contributed by atoms with Gasteiger partial charge < -0.3 is 0 Å². The zero-order chi connectivity index (χ0) is 11.1. The molecule has 0 spiro atoms. The van der Waals surface area contributed by atoms with Crippen LogP contribution in [0.2, 0.25) is 0 Å². The van der Waals surface area contributed by atoms with Crippen molar-refractivity contribution >= 4 is 9.84 Å². The topological polar surface area (TPSA) is 37.4 Å². The van der Waals surface area contributed by atoms with Crippen LogP contribution in [0.5, 0.6) is 0 Å². The predicted molar refractivity (Wildman–Crippen MR) is 61.7 cm³/mol. The molecule has 1 aliphatic carbocycles. The molecule has 0 bridgehead atoms. The van der Waals surface area contributed by atoms with Gasteiger partial charge in [0.15, 0.2) is 9.84 Å². The van der Waals surface area contributed by atoms with Crippen molar-refractivity contribution in [2.75, 3.05) is 18.8 Å². The Morgan fingerprint density at radius 2 is 1.80 bits per heavy atom. The standard InChI is InChI=1S/C11H21NO2S/c1-11(2)9-12(7-8-15(11,13)14)10-5-3-4-6-10/h10H,3-9H2,1-2H3. The van der Waals surface area contributed by atoms with Crippen molar-refractivity contribution in [2.45, 2.75) is 50.3 Å². The highest BCUT2D eigenvalue weighted by Gasteiger charge is 2.42. The Morgan fingerprint density at radius 3 is 2.33 bits per heavy atom. The van der Waals surface area contributed by atoms with E-state index in [0.29, 0.717) is 11.8 Å². The van der Waals surface area contributed by atoms with Crippen LogP contribution in [0, 0.1) is 0 Å². The summed E-state index contributed by atoms with van der Waals surface area (Å²) in [6, 6.07) is 0.653.